The molecule has 4 heteroatoms. The Morgan fingerprint density at radius 2 is 2.33 bits per heavy atom. The van der Waals surface area contributed by atoms with Gasteiger partial charge in [0.25, 0.3) is 5.91 Å². The van der Waals surface area contributed by atoms with Crippen LogP contribution in [-0.2, 0) is 12.8 Å². The van der Waals surface area contributed by atoms with Crippen molar-refractivity contribution < 1.29 is 4.79 Å². The quantitative estimate of drug-likeness (QED) is 0.824. The number of rotatable bonds is 3. The van der Waals surface area contributed by atoms with Gasteiger partial charge >= 0.3 is 0 Å². The molecular formula is C11H16N2OS. The standard InChI is InChI=1S/C11H16N2OS/c1-2-6-13-11(14)9-7-4-3-5-8(7)15-10(9)12/h2-6,12H2,1H3,(H,13,14). The summed E-state index contributed by atoms with van der Waals surface area (Å²) in [6, 6.07) is 0. The minimum absolute atomic E-state index is 0.00810. The van der Waals surface area contributed by atoms with Crippen LogP contribution < -0.4 is 11.1 Å². The molecular weight excluding hydrogens is 208 g/mol. The number of thiophene rings is 1. The molecule has 0 spiro atoms. The number of nitrogens with two attached hydrogens (primary N) is 1. The lowest BCUT2D eigenvalue weighted by atomic mass is 10.1. The topological polar surface area (TPSA) is 55.1 Å². The zero-order chi connectivity index (χ0) is 10.8. The summed E-state index contributed by atoms with van der Waals surface area (Å²) in [4.78, 5) is 13.2. The Bertz CT molecular complexity index is 384. The molecule has 0 aliphatic heterocycles. The third-order valence-corrected chi connectivity index (χ3v) is 3.83. The molecule has 1 aromatic rings. The summed E-state index contributed by atoms with van der Waals surface area (Å²) in [7, 11) is 0. The number of anilines is 1. The van der Waals surface area contributed by atoms with E-state index in [1.54, 1.807) is 11.3 Å². The molecule has 2 rings (SSSR count). The van der Waals surface area contributed by atoms with Gasteiger partial charge in [-0.2, -0.15) is 0 Å². The molecule has 3 nitrogen and oxygen atoms in total. The van der Waals surface area contributed by atoms with E-state index in [9.17, 15) is 4.79 Å². The monoisotopic (exact) mass is 224 g/mol. The first-order valence-electron chi connectivity index (χ1n) is 5.42. The van der Waals surface area contributed by atoms with Gasteiger partial charge in [0.2, 0.25) is 0 Å². The molecule has 0 fully saturated rings. The molecule has 0 aromatic carbocycles. The second-order valence-corrected chi connectivity index (χ2v) is 4.99. The third-order valence-electron chi connectivity index (χ3n) is 2.71. The Morgan fingerprint density at radius 3 is 3.07 bits per heavy atom. The van der Waals surface area contributed by atoms with E-state index in [-0.39, 0.29) is 5.91 Å². The summed E-state index contributed by atoms with van der Waals surface area (Å²) in [5.74, 6) is 0.00810. The highest BCUT2D eigenvalue weighted by molar-refractivity contribution is 7.16. The zero-order valence-corrected chi connectivity index (χ0v) is 9.75. The van der Waals surface area contributed by atoms with Crippen LogP contribution in [0.4, 0.5) is 5.00 Å². The van der Waals surface area contributed by atoms with Crippen molar-refractivity contribution in [1.29, 1.82) is 0 Å². The fourth-order valence-corrected chi connectivity index (χ4v) is 3.16. The Morgan fingerprint density at radius 1 is 1.53 bits per heavy atom. The second kappa shape index (κ2) is 4.23. The van der Waals surface area contributed by atoms with E-state index in [4.69, 9.17) is 5.73 Å². The number of aryl methyl sites for hydroxylation is 1. The smallest absolute Gasteiger partial charge is 0.254 e. The Hall–Kier alpha value is -1.03. The number of carbonyl (C=O) groups excluding carboxylic acids is 1. The van der Waals surface area contributed by atoms with E-state index < -0.39 is 0 Å². The van der Waals surface area contributed by atoms with Crippen LogP contribution in [0.3, 0.4) is 0 Å². The Kier molecular flexibility index (Phi) is 2.95. The highest BCUT2D eigenvalue weighted by Gasteiger charge is 2.24. The summed E-state index contributed by atoms with van der Waals surface area (Å²) < 4.78 is 0. The normalized spacial score (nSPS) is 13.9. The van der Waals surface area contributed by atoms with Crippen molar-refractivity contribution in [1.82, 2.24) is 5.32 Å². The number of hydrogen-bond donors (Lipinski definition) is 2. The molecule has 1 aromatic heterocycles. The lowest BCUT2D eigenvalue weighted by Crippen LogP contribution is -2.25. The maximum Gasteiger partial charge on any atom is 0.254 e. The van der Waals surface area contributed by atoms with E-state index in [0.29, 0.717) is 5.00 Å². The minimum atomic E-state index is 0.00810. The molecule has 0 saturated heterocycles. The molecule has 0 atom stereocenters. The van der Waals surface area contributed by atoms with Crippen LogP contribution in [0.2, 0.25) is 0 Å². The lowest BCUT2D eigenvalue weighted by Gasteiger charge is -2.04. The molecule has 1 aliphatic rings. The maximum atomic E-state index is 11.9. The van der Waals surface area contributed by atoms with Gasteiger partial charge in [-0.3, -0.25) is 4.79 Å². The van der Waals surface area contributed by atoms with Crippen LogP contribution in [0, 0.1) is 0 Å². The first kappa shape index (κ1) is 10.5. The zero-order valence-electron chi connectivity index (χ0n) is 8.93. The summed E-state index contributed by atoms with van der Waals surface area (Å²) in [5, 5.41) is 3.58. The maximum absolute atomic E-state index is 11.9. The fourth-order valence-electron chi connectivity index (χ4n) is 2.00. The number of hydrogen-bond acceptors (Lipinski definition) is 3. The Labute approximate surface area is 93.7 Å². The molecule has 15 heavy (non-hydrogen) atoms. The van der Waals surface area contributed by atoms with Crippen molar-refractivity contribution in [3.05, 3.63) is 16.0 Å². The predicted molar refractivity (Wildman–Crippen MR) is 63.4 cm³/mol. The number of fused-ring (bicyclic) bond motifs is 1. The number of carbonyl (C=O) groups is 1. The first-order chi connectivity index (χ1) is 7.24. The van der Waals surface area contributed by atoms with Gasteiger partial charge in [0, 0.05) is 11.4 Å². The van der Waals surface area contributed by atoms with Gasteiger partial charge in [-0.15, -0.1) is 11.3 Å². The molecule has 0 saturated carbocycles. The van der Waals surface area contributed by atoms with Crippen molar-refractivity contribution in [2.75, 3.05) is 12.3 Å². The van der Waals surface area contributed by atoms with E-state index >= 15 is 0 Å². The number of nitrogens with one attached hydrogen (secondary N) is 1. The average molecular weight is 224 g/mol. The van der Waals surface area contributed by atoms with E-state index in [0.717, 1.165) is 37.8 Å². The van der Waals surface area contributed by atoms with Gasteiger partial charge < -0.3 is 11.1 Å². The van der Waals surface area contributed by atoms with Gasteiger partial charge in [-0.1, -0.05) is 6.92 Å². The first-order valence-corrected chi connectivity index (χ1v) is 6.24. The Balaban J connectivity index is 2.23. The number of nitrogen functional groups attached to an aromatic ring is 1. The predicted octanol–water partition coefficient (Wildman–Crippen LogP) is 1.96. The largest absolute Gasteiger partial charge is 0.390 e. The van der Waals surface area contributed by atoms with Gasteiger partial charge in [-0.25, -0.2) is 0 Å². The van der Waals surface area contributed by atoms with Crippen LogP contribution in [0.25, 0.3) is 0 Å². The van der Waals surface area contributed by atoms with Gasteiger partial charge in [0.05, 0.1) is 10.6 Å². The van der Waals surface area contributed by atoms with Gasteiger partial charge in [-0.05, 0) is 31.2 Å². The molecule has 1 aliphatic carbocycles. The molecule has 82 valence electrons. The van der Waals surface area contributed by atoms with Crippen molar-refractivity contribution in [2.45, 2.75) is 32.6 Å². The minimum Gasteiger partial charge on any atom is -0.390 e. The summed E-state index contributed by atoms with van der Waals surface area (Å²) in [6.45, 7) is 2.77. The molecule has 3 N–H and O–H groups in total. The number of amides is 1. The molecule has 0 bridgehead atoms. The summed E-state index contributed by atoms with van der Waals surface area (Å²) >= 11 is 1.58. The second-order valence-electron chi connectivity index (χ2n) is 3.85. The van der Waals surface area contributed by atoms with Gasteiger partial charge in [0.1, 0.15) is 0 Å². The van der Waals surface area contributed by atoms with Crippen LogP contribution in [-0.4, -0.2) is 12.5 Å². The van der Waals surface area contributed by atoms with Crippen LogP contribution in [0.5, 0.6) is 0 Å². The van der Waals surface area contributed by atoms with Crippen molar-refractivity contribution in [3.63, 3.8) is 0 Å². The summed E-state index contributed by atoms with van der Waals surface area (Å²) in [5.41, 5.74) is 7.83. The van der Waals surface area contributed by atoms with Crippen molar-refractivity contribution in [3.8, 4) is 0 Å². The third kappa shape index (κ3) is 1.86. The summed E-state index contributed by atoms with van der Waals surface area (Å²) in [6.07, 6.45) is 4.22. The molecule has 1 amide bonds. The highest BCUT2D eigenvalue weighted by Crippen LogP contribution is 2.37. The van der Waals surface area contributed by atoms with Crippen LogP contribution >= 0.6 is 11.3 Å². The van der Waals surface area contributed by atoms with Crippen LogP contribution in [0.15, 0.2) is 0 Å². The van der Waals surface area contributed by atoms with Gasteiger partial charge in [0.15, 0.2) is 0 Å². The fraction of sp³-hybridized carbons (Fsp3) is 0.545. The van der Waals surface area contributed by atoms with Crippen molar-refractivity contribution >= 4 is 22.2 Å². The SMILES string of the molecule is CCCNC(=O)c1c(N)sc2c1CCC2. The van der Waals surface area contributed by atoms with E-state index in [1.807, 2.05) is 6.92 Å². The van der Waals surface area contributed by atoms with Crippen LogP contribution in [0.1, 0.15) is 40.6 Å². The molecule has 1 heterocycles. The highest BCUT2D eigenvalue weighted by atomic mass is 32.1. The van der Waals surface area contributed by atoms with E-state index in [2.05, 4.69) is 5.32 Å². The van der Waals surface area contributed by atoms with Crippen molar-refractivity contribution in [2.24, 2.45) is 0 Å². The molecule has 0 unspecified atom stereocenters. The lowest BCUT2D eigenvalue weighted by molar-refractivity contribution is 0.0954. The van der Waals surface area contributed by atoms with E-state index in [1.165, 1.54) is 10.4 Å². The molecule has 0 radical (unpaired) electrons. The average Bonchev–Trinajstić information content (AvgIpc) is 2.73.